The van der Waals surface area contributed by atoms with Crippen LogP contribution in [0.1, 0.15) is 5.56 Å². The van der Waals surface area contributed by atoms with E-state index in [1.807, 2.05) is 0 Å². The normalized spacial score (nSPS) is 12.5. The predicted octanol–water partition coefficient (Wildman–Crippen LogP) is 0.908. The lowest BCUT2D eigenvalue weighted by molar-refractivity contribution is -0.137. The molecule has 1 N–H and O–H groups in total. The summed E-state index contributed by atoms with van der Waals surface area (Å²) in [6, 6.07) is 4.56. The third-order valence-electron chi connectivity index (χ3n) is 2.58. The molecule has 0 aliphatic rings. The Kier molecular flexibility index (Phi) is 4.47. The van der Waals surface area contributed by atoms with Crippen LogP contribution in [-0.4, -0.2) is 41.4 Å². The zero-order chi connectivity index (χ0) is 16.4. The fourth-order valence-electron chi connectivity index (χ4n) is 1.62. The SMILES string of the molecule is CS(=O)(=O)NCCn1nnc(-c2cccc(C(F)(F)F)c2)n1. The van der Waals surface area contributed by atoms with Crippen molar-refractivity contribution < 1.29 is 21.6 Å². The van der Waals surface area contributed by atoms with E-state index >= 15 is 0 Å². The molecule has 7 nitrogen and oxygen atoms in total. The van der Waals surface area contributed by atoms with Gasteiger partial charge >= 0.3 is 6.18 Å². The quantitative estimate of drug-likeness (QED) is 0.877. The average molecular weight is 335 g/mol. The predicted molar refractivity (Wildman–Crippen MR) is 71.1 cm³/mol. The Bertz CT molecular complexity index is 757. The van der Waals surface area contributed by atoms with Crippen LogP contribution in [0.5, 0.6) is 0 Å². The van der Waals surface area contributed by atoms with Gasteiger partial charge in [-0.05, 0) is 17.3 Å². The average Bonchev–Trinajstić information content (AvgIpc) is 2.85. The van der Waals surface area contributed by atoms with Gasteiger partial charge in [0.2, 0.25) is 15.8 Å². The van der Waals surface area contributed by atoms with Crippen LogP contribution in [-0.2, 0) is 22.7 Å². The number of aromatic nitrogens is 4. The van der Waals surface area contributed by atoms with Crippen molar-refractivity contribution in [1.82, 2.24) is 24.9 Å². The largest absolute Gasteiger partial charge is 0.416 e. The summed E-state index contributed by atoms with van der Waals surface area (Å²) in [4.78, 5) is 1.10. The number of benzene rings is 1. The first-order chi connectivity index (χ1) is 10.1. The number of hydrogen-bond acceptors (Lipinski definition) is 5. The monoisotopic (exact) mass is 335 g/mol. The molecule has 22 heavy (non-hydrogen) atoms. The molecule has 0 unspecified atom stereocenters. The Morgan fingerprint density at radius 1 is 1.32 bits per heavy atom. The smallest absolute Gasteiger partial charge is 0.214 e. The maximum atomic E-state index is 12.6. The molecule has 1 aromatic heterocycles. The highest BCUT2D eigenvalue weighted by Crippen LogP contribution is 2.31. The minimum atomic E-state index is -4.45. The van der Waals surface area contributed by atoms with Crippen LogP contribution >= 0.6 is 0 Å². The molecular formula is C11H12F3N5O2S. The Hall–Kier alpha value is -2.01. The molecule has 0 radical (unpaired) electrons. The highest BCUT2D eigenvalue weighted by atomic mass is 32.2. The van der Waals surface area contributed by atoms with Gasteiger partial charge in [-0.15, -0.1) is 10.2 Å². The van der Waals surface area contributed by atoms with Crippen LogP contribution in [0.15, 0.2) is 24.3 Å². The van der Waals surface area contributed by atoms with Crippen LogP contribution in [0.2, 0.25) is 0 Å². The fraction of sp³-hybridized carbons (Fsp3) is 0.364. The summed E-state index contributed by atoms with van der Waals surface area (Å²) in [7, 11) is -3.33. The molecule has 0 spiro atoms. The van der Waals surface area contributed by atoms with E-state index in [1.54, 1.807) is 0 Å². The van der Waals surface area contributed by atoms with Gasteiger partial charge in [-0.1, -0.05) is 12.1 Å². The summed E-state index contributed by atoms with van der Waals surface area (Å²) in [6.45, 7) is 0.163. The highest BCUT2D eigenvalue weighted by Gasteiger charge is 2.30. The lowest BCUT2D eigenvalue weighted by Gasteiger charge is -2.06. The van der Waals surface area contributed by atoms with Crippen molar-refractivity contribution in [2.75, 3.05) is 12.8 Å². The summed E-state index contributed by atoms with van der Waals surface area (Å²) in [6.07, 6.45) is -3.44. The van der Waals surface area contributed by atoms with Gasteiger partial charge in [0, 0.05) is 12.1 Å². The van der Waals surface area contributed by atoms with Gasteiger partial charge in [-0.3, -0.25) is 0 Å². The third kappa shape index (κ3) is 4.49. The Morgan fingerprint density at radius 2 is 2.05 bits per heavy atom. The van der Waals surface area contributed by atoms with Gasteiger partial charge in [0.05, 0.1) is 18.4 Å². The second kappa shape index (κ2) is 6.01. The van der Waals surface area contributed by atoms with Gasteiger partial charge in [0.15, 0.2) is 0 Å². The lowest BCUT2D eigenvalue weighted by Crippen LogP contribution is -2.26. The van der Waals surface area contributed by atoms with Gasteiger partial charge in [0.1, 0.15) is 0 Å². The molecule has 0 fully saturated rings. The first kappa shape index (κ1) is 16.4. The Labute approximate surface area is 124 Å². The first-order valence-corrected chi connectivity index (χ1v) is 7.94. The van der Waals surface area contributed by atoms with Gasteiger partial charge in [0.25, 0.3) is 0 Å². The van der Waals surface area contributed by atoms with Gasteiger partial charge in [-0.2, -0.15) is 18.0 Å². The van der Waals surface area contributed by atoms with Crippen molar-refractivity contribution in [1.29, 1.82) is 0 Å². The first-order valence-electron chi connectivity index (χ1n) is 6.05. The summed E-state index contributed by atoms with van der Waals surface area (Å²) >= 11 is 0. The molecule has 0 saturated heterocycles. The Morgan fingerprint density at radius 3 is 2.68 bits per heavy atom. The number of halogens is 3. The van der Waals surface area contributed by atoms with E-state index in [1.165, 1.54) is 12.1 Å². The fourth-order valence-corrected chi connectivity index (χ4v) is 2.08. The number of sulfonamides is 1. The van der Waals surface area contributed by atoms with E-state index in [2.05, 4.69) is 20.1 Å². The number of nitrogens with zero attached hydrogens (tertiary/aromatic N) is 4. The lowest BCUT2D eigenvalue weighted by atomic mass is 10.1. The minimum Gasteiger partial charge on any atom is -0.214 e. The minimum absolute atomic E-state index is 0.0328. The molecule has 1 aromatic carbocycles. The van der Waals surface area contributed by atoms with E-state index < -0.39 is 21.8 Å². The molecule has 11 heteroatoms. The molecule has 0 amide bonds. The zero-order valence-electron chi connectivity index (χ0n) is 11.4. The second-order valence-electron chi connectivity index (χ2n) is 4.45. The molecule has 0 saturated carbocycles. The molecule has 120 valence electrons. The molecule has 1 heterocycles. The molecule has 2 aromatic rings. The number of hydrogen-bond donors (Lipinski definition) is 1. The van der Waals surface area contributed by atoms with Crippen molar-refractivity contribution in [3.05, 3.63) is 29.8 Å². The van der Waals surface area contributed by atoms with Crippen LogP contribution < -0.4 is 4.72 Å². The van der Waals surface area contributed by atoms with Crippen molar-refractivity contribution in [3.8, 4) is 11.4 Å². The number of nitrogens with one attached hydrogen (secondary N) is 1. The number of alkyl halides is 3. The summed E-state index contributed by atoms with van der Waals surface area (Å²) in [5.41, 5.74) is -0.628. The molecular weight excluding hydrogens is 323 g/mol. The summed E-state index contributed by atoms with van der Waals surface area (Å²) < 4.78 is 62.0. The van der Waals surface area contributed by atoms with Crippen LogP contribution in [0.3, 0.4) is 0 Å². The van der Waals surface area contributed by atoms with Crippen molar-refractivity contribution >= 4 is 10.0 Å². The second-order valence-corrected chi connectivity index (χ2v) is 6.29. The van der Waals surface area contributed by atoms with Crippen LogP contribution in [0.4, 0.5) is 13.2 Å². The van der Waals surface area contributed by atoms with E-state index in [0.717, 1.165) is 23.2 Å². The molecule has 0 bridgehead atoms. The zero-order valence-corrected chi connectivity index (χ0v) is 12.2. The van der Waals surface area contributed by atoms with Crippen molar-refractivity contribution in [2.45, 2.75) is 12.7 Å². The summed E-state index contributed by atoms with van der Waals surface area (Å²) in [5, 5.41) is 11.2. The van der Waals surface area contributed by atoms with Gasteiger partial charge in [-0.25, -0.2) is 13.1 Å². The number of rotatable bonds is 5. The number of tetrazole rings is 1. The van der Waals surface area contributed by atoms with Gasteiger partial charge < -0.3 is 0 Å². The molecule has 0 aliphatic carbocycles. The van der Waals surface area contributed by atoms with E-state index in [9.17, 15) is 21.6 Å². The summed E-state index contributed by atoms with van der Waals surface area (Å²) in [5.74, 6) is 0.0328. The van der Waals surface area contributed by atoms with E-state index in [-0.39, 0.29) is 24.5 Å². The topological polar surface area (TPSA) is 89.8 Å². The standard InChI is InChI=1S/C11H12F3N5O2S/c1-22(20,21)15-5-6-19-17-10(16-18-19)8-3-2-4-9(7-8)11(12,13)14/h2-4,7,15H,5-6H2,1H3. The van der Waals surface area contributed by atoms with Crippen LogP contribution in [0, 0.1) is 0 Å². The van der Waals surface area contributed by atoms with E-state index in [4.69, 9.17) is 0 Å². The Balaban J connectivity index is 2.11. The van der Waals surface area contributed by atoms with Crippen molar-refractivity contribution in [3.63, 3.8) is 0 Å². The molecule has 0 atom stereocenters. The maximum absolute atomic E-state index is 12.6. The molecule has 0 aliphatic heterocycles. The highest BCUT2D eigenvalue weighted by molar-refractivity contribution is 7.88. The third-order valence-corrected chi connectivity index (χ3v) is 3.31. The maximum Gasteiger partial charge on any atom is 0.416 e. The van der Waals surface area contributed by atoms with E-state index in [0.29, 0.717) is 0 Å². The van der Waals surface area contributed by atoms with Crippen LogP contribution in [0.25, 0.3) is 11.4 Å². The molecule has 2 rings (SSSR count). The van der Waals surface area contributed by atoms with Crippen molar-refractivity contribution in [2.24, 2.45) is 0 Å².